The summed E-state index contributed by atoms with van der Waals surface area (Å²) in [5.41, 5.74) is -0.933. The van der Waals surface area contributed by atoms with Gasteiger partial charge >= 0.3 is 0 Å². The molecule has 1 saturated heterocycles. The van der Waals surface area contributed by atoms with Crippen molar-refractivity contribution in [2.75, 3.05) is 47.5 Å². The molecule has 3 unspecified atom stereocenters. The van der Waals surface area contributed by atoms with Crippen molar-refractivity contribution in [3.05, 3.63) is 29.6 Å². The molecule has 34 heavy (non-hydrogen) atoms. The summed E-state index contributed by atoms with van der Waals surface area (Å²) in [5, 5.41) is 15.7. The van der Waals surface area contributed by atoms with Crippen molar-refractivity contribution >= 4 is 0 Å². The second-order valence-electron chi connectivity index (χ2n) is 10.5. The fourth-order valence-electron chi connectivity index (χ4n) is 6.40. The third-order valence-electron chi connectivity index (χ3n) is 8.20. The number of hydrogen-bond acceptors (Lipinski definition) is 5. The first-order valence-corrected chi connectivity index (χ1v) is 13.5. The van der Waals surface area contributed by atoms with E-state index in [2.05, 4.69) is 10.2 Å². The number of methoxy groups -OCH3 is 2. The largest absolute Gasteiger partial charge is 0.496 e. The van der Waals surface area contributed by atoms with Crippen LogP contribution in [0.1, 0.15) is 76.2 Å². The van der Waals surface area contributed by atoms with Gasteiger partial charge in [0.1, 0.15) is 17.2 Å². The van der Waals surface area contributed by atoms with Crippen LogP contribution in [0.25, 0.3) is 0 Å². The van der Waals surface area contributed by atoms with Gasteiger partial charge < -0.3 is 19.9 Å². The van der Waals surface area contributed by atoms with Crippen molar-refractivity contribution in [3.8, 4) is 5.75 Å². The number of likely N-dealkylation sites (N-methyl/N-ethyl adjacent to an activating group) is 1. The molecule has 194 valence electrons. The molecular formula is C28H47FN2O3. The maximum Gasteiger partial charge on any atom is 0.133 e. The minimum atomic E-state index is -1.27. The normalized spacial score (nSPS) is 22.9. The average Bonchev–Trinajstić information content (AvgIpc) is 2.86. The Morgan fingerprint density at radius 3 is 2.65 bits per heavy atom. The fourth-order valence-corrected chi connectivity index (χ4v) is 6.40. The van der Waals surface area contributed by atoms with Crippen molar-refractivity contribution in [2.24, 2.45) is 11.8 Å². The third kappa shape index (κ3) is 6.93. The van der Waals surface area contributed by atoms with Crippen molar-refractivity contribution in [1.82, 2.24) is 10.2 Å². The minimum absolute atomic E-state index is 0.0414. The Morgan fingerprint density at radius 1 is 1.15 bits per heavy atom. The van der Waals surface area contributed by atoms with Gasteiger partial charge in [-0.15, -0.1) is 0 Å². The third-order valence-corrected chi connectivity index (χ3v) is 8.20. The molecule has 0 bridgehead atoms. The Labute approximate surface area is 206 Å². The molecule has 1 saturated carbocycles. The van der Waals surface area contributed by atoms with Crippen LogP contribution < -0.4 is 10.1 Å². The smallest absolute Gasteiger partial charge is 0.133 e. The van der Waals surface area contributed by atoms with E-state index in [0.29, 0.717) is 30.4 Å². The number of unbranched alkanes of at least 4 members (excludes halogenated alkanes) is 1. The van der Waals surface area contributed by atoms with Gasteiger partial charge in [0.2, 0.25) is 0 Å². The highest BCUT2D eigenvalue weighted by Gasteiger charge is 2.44. The van der Waals surface area contributed by atoms with E-state index in [4.69, 9.17) is 9.47 Å². The summed E-state index contributed by atoms with van der Waals surface area (Å²) >= 11 is 0. The first-order chi connectivity index (χ1) is 16.5. The van der Waals surface area contributed by atoms with Gasteiger partial charge in [0.15, 0.2) is 0 Å². The monoisotopic (exact) mass is 478 g/mol. The first kappa shape index (κ1) is 27.4. The zero-order chi connectivity index (χ0) is 24.4. The van der Waals surface area contributed by atoms with Gasteiger partial charge in [0, 0.05) is 38.8 Å². The van der Waals surface area contributed by atoms with Crippen LogP contribution in [0, 0.1) is 17.7 Å². The van der Waals surface area contributed by atoms with Crippen molar-refractivity contribution < 1.29 is 19.0 Å². The Hall–Kier alpha value is -1.21. The molecule has 2 aliphatic rings. The molecule has 1 aromatic carbocycles. The molecule has 2 fully saturated rings. The topological polar surface area (TPSA) is 54.0 Å². The first-order valence-electron chi connectivity index (χ1n) is 13.5. The molecule has 0 aromatic heterocycles. The van der Waals surface area contributed by atoms with Gasteiger partial charge in [0.05, 0.1) is 12.7 Å². The van der Waals surface area contributed by atoms with Gasteiger partial charge in [-0.1, -0.05) is 38.2 Å². The Bertz CT molecular complexity index is 728. The van der Waals surface area contributed by atoms with Gasteiger partial charge in [-0.25, -0.2) is 4.39 Å². The van der Waals surface area contributed by atoms with E-state index in [1.54, 1.807) is 26.4 Å². The highest BCUT2D eigenvalue weighted by molar-refractivity contribution is 5.40. The molecule has 3 rings (SSSR count). The standard InChI is InChI=1S/C28H47FN2O3/c1-30-20-24(19-22-11-5-4-6-12-22)31-17-10-13-23(21-31)28(32,16-7-8-18-33-2)27-25(29)14-9-15-26(27)34-3/h9,14-15,22-24,30,32H,4-8,10-13,16-21H2,1-3H3. The van der Waals surface area contributed by atoms with Gasteiger partial charge in [-0.3, -0.25) is 4.90 Å². The molecular weight excluding hydrogens is 431 g/mol. The fraction of sp³-hybridized carbons (Fsp3) is 0.786. The van der Waals surface area contributed by atoms with Crippen LogP contribution >= 0.6 is 0 Å². The van der Waals surface area contributed by atoms with Crippen LogP contribution in [-0.4, -0.2) is 63.6 Å². The zero-order valence-corrected chi connectivity index (χ0v) is 21.7. The van der Waals surface area contributed by atoms with Gasteiger partial charge in [-0.2, -0.15) is 0 Å². The van der Waals surface area contributed by atoms with Crippen molar-refractivity contribution in [1.29, 1.82) is 0 Å². The van der Waals surface area contributed by atoms with Crippen LogP contribution in [0.3, 0.4) is 0 Å². The van der Waals surface area contributed by atoms with E-state index in [9.17, 15) is 5.11 Å². The zero-order valence-electron chi connectivity index (χ0n) is 21.7. The number of halogens is 1. The lowest BCUT2D eigenvalue weighted by atomic mass is 9.73. The lowest BCUT2D eigenvalue weighted by Crippen LogP contribution is -2.52. The summed E-state index contributed by atoms with van der Waals surface area (Å²) in [4.78, 5) is 2.58. The second kappa shape index (κ2) is 13.8. The van der Waals surface area contributed by atoms with E-state index in [1.807, 2.05) is 7.05 Å². The Balaban J connectivity index is 1.83. The second-order valence-corrected chi connectivity index (χ2v) is 10.5. The van der Waals surface area contributed by atoms with Crippen LogP contribution in [-0.2, 0) is 10.3 Å². The maximum absolute atomic E-state index is 15.3. The van der Waals surface area contributed by atoms with Crippen LogP contribution in [0.2, 0.25) is 0 Å². The quantitative estimate of drug-likeness (QED) is 0.386. The number of rotatable bonds is 13. The molecule has 1 heterocycles. The van der Waals surface area contributed by atoms with E-state index in [1.165, 1.54) is 44.6 Å². The van der Waals surface area contributed by atoms with Gasteiger partial charge in [0.25, 0.3) is 0 Å². The van der Waals surface area contributed by atoms with Crippen molar-refractivity contribution in [3.63, 3.8) is 0 Å². The minimum Gasteiger partial charge on any atom is -0.496 e. The molecule has 0 radical (unpaired) electrons. The number of hydrogen-bond donors (Lipinski definition) is 2. The molecule has 2 N–H and O–H groups in total. The Kier molecular flexibility index (Phi) is 11.1. The molecule has 0 amide bonds. The average molecular weight is 479 g/mol. The number of benzene rings is 1. The van der Waals surface area contributed by atoms with Crippen molar-refractivity contribution in [2.45, 2.75) is 82.3 Å². The lowest BCUT2D eigenvalue weighted by molar-refractivity contribution is -0.0723. The van der Waals surface area contributed by atoms with Crippen LogP contribution in [0.4, 0.5) is 4.39 Å². The van der Waals surface area contributed by atoms with Crippen LogP contribution in [0.15, 0.2) is 18.2 Å². The van der Waals surface area contributed by atoms with E-state index in [0.717, 1.165) is 51.2 Å². The summed E-state index contributed by atoms with van der Waals surface area (Å²) in [5.74, 6) is 0.826. The van der Waals surface area contributed by atoms with E-state index < -0.39 is 5.60 Å². The molecule has 6 heteroatoms. The highest BCUT2D eigenvalue weighted by atomic mass is 19.1. The molecule has 1 aromatic rings. The number of nitrogens with one attached hydrogen (secondary N) is 1. The molecule has 3 atom stereocenters. The van der Waals surface area contributed by atoms with Gasteiger partial charge in [-0.05, 0) is 70.2 Å². The predicted molar refractivity (Wildman–Crippen MR) is 136 cm³/mol. The highest BCUT2D eigenvalue weighted by Crippen LogP contribution is 2.45. The summed E-state index contributed by atoms with van der Waals surface area (Å²) in [6, 6.07) is 5.33. The number of ether oxygens (including phenoxy) is 2. The number of piperidine rings is 1. The van der Waals surface area contributed by atoms with E-state index >= 15 is 4.39 Å². The molecule has 0 spiro atoms. The summed E-state index contributed by atoms with van der Waals surface area (Å²) in [6.45, 7) is 3.44. The molecule has 1 aliphatic carbocycles. The van der Waals surface area contributed by atoms with Crippen LogP contribution in [0.5, 0.6) is 5.75 Å². The number of aliphatic hydroxyl groups is 1. The molecule has 1 aliphatic heterocycles. The lowest BCUT2D eigenvalue weighted by Gasteiger charge is -2.46. The SMILES string of the molecule is CNCC(CC1CCCCC1)N1CCCC(C(O)(CCCCOC)c2c(F)cccc2OC)C1. The summed E-state index contributed by atoms with van der Waals surface area (Å²) in [6.07, 6.45) is 12.0. The molecule has 5 nitrogen and oxygen atoms in total. The van der Waals surface area contributed by atoms with E-state index in [-0.39, 0.29) is 11.7 Å². The summed E-state index contributed by atoms with van der Waals surface area (Å²) in [7, 11) is 5.29. The Morgan fingerprint density at radius 2 is 1.94 bits per heavy atom. The predicted octanol–water partition coefficient (Wildman–Crippen LogP) is 5.11. The summed E-state index contributed by atoms with van der Waals surface area (Å²) < 4.78 is 26.0. The number of nitrogens with zero attached hydrogens (tertiary/aromatic N) is 1. The number of likely N-dealkylation sites (tertiary alicyclic amines) is 1. The maximum atomic E-state index is 15.3.